The van der Waals surface area contributed by atoms with Crippen LogP contribution in [0, 0.1) is 0 Å². The lowest BCUT2D eigenvalue weighted by atomic mass is 10.1. The number of aliphatic hydroxyl groups is 3. The van der Waals surface area contributed by atoms with Gasteiger partial charge in [-0.05, 0) is 71.1 Å². The van der Waals surface area contributed by atoms with E-state index in [1.165, 1.54) is 0 Å². The van der Waals surface area contributed by atoms with Crippen molar-refractivity contribution in [2.24, 2.45) is 0 Å². The third kappa shape index (κ3) is 9.36. The molecule has 0 rings (SSSR count). The zero-order valence-corrected chi connectivity index (χ0v) is 14.8. The Labute approximate surface area is 136 Å². The lowest BCUT2D eigenvalue weighted by Crippen LogP contribution is -2.32. The largest absolute Gasteiger partial charge is 0.396 e. The van der Waals surface area contributed by atoms with Gasteiger partial charge in [0.25, 0.3) is 0 Å². The van der Waals surface area contributed by atoms with Crippen LogP contribution in [-0.2, 0) is 0 Å². The molecular formula is C18H35NO3. The molecule has 0 amide bonds. The number of unbranched alkanes of at least 4 members (excludes halogenated alkanes) is 1. The van der Waals surface area contributed by atoms with E-state index in [0.717, 1.165) is 43.6 Å². The van der Waals surface area contributed by atoms with E-state index in [2.05, 4.69) is 4.90 Å². The highest BCUT2D eigenvalue weighted by atomic mass is 16.3. The minimum atomic E-state index is -0.396. The Morgan fingerprint density at radius 3 is 1.68 bits per heavy atom. The lowest BCUT2D eigenvalue weighted by Gasteiger charge is -2.25. The van der Waals surface area contributed by atoms with Crippen LogP contribution < -0.4 is 0 Å². The van der Waals surface area contributed by atoms with Crippen molar-refractivity contribution in [1.29, 1.82) is 0 Å². The van der Waals surface area contributed by atoms with Crippen molar-refractivity contribution in [3.05, 3.63) is 23.3 Å². The first-order valence-electron chi connectivity index (χ1n) is 8.41. The molecule has 0 aromatic rings. The molecule has 130 valence electrons. The molecule has 22 heavy (non-hydrogen) atoms. The van der Waals surface area contributed by atoms with Gasteiger partial charge in [-0.3, -0.25) is 0 Å². The van der Waals surface area contributed by atoms with Gasteiger partial charge in [-0.25, -0.2) is 0 Å². The first-order valence-corrected chi connectivity index (χ1v) is 8.41. The molecule has 0 fully saturated rings. The van der Waals surface area contributed by atoms with Gasteiger partial charge in [0, 0.05) is 19.7 Å². The third-order valence-electron chi connectivity index (χ3n) is 4.28. The first kappa shape index (κ1) is 21.3. The van der Waals surface area contributed by atoms with Crippen LogP contribution in [0.4, 0.5) is 0 Å². The molecule has 0 aliphatic carbocycles. The maximum absolute atomic E-state index is 10.0. The van der Waals surface area contributed by atoms with Crippen molar-refractivity contribution in [3.8, 4) is 0 Å². The highest BCUT2D eigenvalue weighted by Gasteiger charge is 2.13. The summed E-state index contributed by atoms with van der Waals surface area (Å²) in [5, 5.41) is 29.0. The normalized spacial score (nSPS) is 16.2. The maximum atomic E-state index is 10.0. The fraction of sp³-hybridized carbons (Fsp3) is 0.778. The van der Waals surface area contributed by atoms with Crippen molar-refractivity contribution in [2.45, 2.75) is 65.6 Å². The van der Waals surface area contributed by atoms with Crippen LogP contribution in [0.5, 0.6) is 0 Å². The second-order valence-electron chi connectivity index (χ2n) is 5.95. The van der Waals surface area contributed by atoms with E-state index in [9.17, 15) is 10.2 Å². The summed E-state index contributed by atoms with van der Waals surface area (Å²) >= 11 is 0. The van der Waals surface area contributed by atoms with E-state index >= 15 is 0 Å². The van der Waals surface area contributed by atoms with E-state index in [-0.39, 0.29) is 6.61 Å². The average molecular weight is 313 g/mol. The summed E-state index contributed by atoms with van der Waals surface area (Å²) in [6.45, 7) is 10.5. The fourth-order valence-electron chi connectivity index (χ4n) is 2.23. The first-order chi connectivity index (χ1) is 10.5. The standard InChI is InChI=1S/C18H35NO3/c1-5-15(3)17(21)9-12-19(11-7-8-14-20)13-10-18(22)16(4)6-2/h5-6,17-18,20-22H,7-14H2,1-4H3. The van der Waals surface area contributed by atoms with Gasteiger partial charge in [-0.1, -0.05) is 12.2 Å². The van der Waals surface area contributed by atoms with E-state index < -0.39 is 12.2 Å². The molecule has 0 heterocycles. The molecule has 0 radical (unpaired) electrons. The van der Waals surface area contributed by atoms with Gasteiger partial charge < -0.3 is 20.2 Å². The van der Waals surface area contributed by atoms with Gasteiger partial charge in [0.15, 0.2) is 0 Å². The smallest absolute Gasteiger partial charge is 0.0759 e. The van der Waals surface area contributed by atoms with Crippen LogP contribution in [0.2, 0.25) is 0 Å². The van der Waals surface area contributed by atoms with Gasteiger partial charge in [0.05, 0.1) is 12.2 Å². The Bertz CT molecular complexity index is 311. The van der Waals surface area contributed by atoms with Crippen molar-refractivity contribution in [2.75, 3.05) is 26.2 Å². The van der Waals surface area contributed by atoms with Gasteiger partial charge in [-0.2, -0.15) is 0 Å². The van der Waals surface area contributed by atoms with Crippen molar-refractivity contribution >= 4 is 0 Å². The molecule has 2 unspecified atom stereocenters. The molecule has 0 aromatic heterocycles. The van der Waals surface area contributed by atoms with Crippen molar-refractivity contribution < 1.29 is 15.3 Å². The number of rotatable bonds is 12. The van der Waals surface area contributed by atoms with Crippen LogP contribution in [0.1, 0.15) is 53.4 Å². The summed E-state index contributed by atoms with van der Waals surface area (Å²) < 4.78 is 0. The molecular weight excluding hydrogens is 278 g/mol. The average Bonchev–Trinajstić information content (AvgIpc) is 2.54. The second kappa shape index (κ2) is 12.8. The molecule has 0 saturated carbocycles. The van der Waals surface area contributed by atoms with Crippen LogP contribution >= 0.6 is 0 Å². The van der Waals surface area contributed by atoms with E-state index in [1.807, 2.05) is 39.8 Å². The maximum Gasteiger partial charge on any atom is 0.0759 e. The highest BCUT2D eigenvalue weighted by Crippen LogP contribution is 2.10. The Kier molecular flexibility index (Phi) is 12.4. The Hall–Kier alpha value is -0.680. The molecule has 4 nitrogen and oxygen atoms in total. The number of aliphatic hydroxyl groups excluding tert-OH is 3. The van der Waals surface area contributed by atoms with Crippen LogP contribution in [0.15, 0.2) is 23.3 Å². The molecule has 0 aromatic carbocycles. The number of allylic oxidation sites excluding steroid dienone is 2. The number of nitrogens with zero attached hydrogens (tertiary/aromatic N) is 1. The van der Waals surface area contributed by atoms with Gasteiger partial charge in [0.1, 0.15) is 0 Å². The third-order valence-corrected chi connectivity index (χ3v) is 4.28. The molecule has 2 atom stereocenters. The molecule has 0 spiro atoms. The molecule has 0 bridgehead atoms. The van der Waals surface area contributed by atoms with Gasteiger partial charge in [0.2, 0.25) is 0 Å². The number of hydrogen-bond acceptors (Lipinski definition) is 4. The van der Waals surface area contributed by atoms with Gasteiger partial charge >= 0.3 is 0 Å². The summed E-state index contributed by atoms with van der Waals surface area (Å²) in [7, 11) is 0. The summed E-state index contributed by atoms with van der Waals surface area (Å²) in [6, 6.07) is 0. The summed E-state index contributed by atoms with van der Waals surface area (Å²) in [5.74, 6) is 0. The molecule has 0 aliphatic rings. The topological polar surface area (TPSA) is 63.9 Å². The van der Waals surface area contributed by atoms with Gasteiger partial charge in [-0.15, -0.1) is 0 Å². The predicted octanol–water partition coefficient (Wildman–Crippen LogP) is 2.50. The minimum Gasteiger partial charge on any atom is -0.396 e. The van der Waals surface area contributed by atoms with Crippen LogP contribution in [0.25, 0.3) is 0 Å². The molecule has 4 heteroatoms. The van der Waals surface area contributed by atoms with E-state index in [0.29, 0.717) is 12.8 Å². The monoisotopic (exact) mass is 313 g/mol. The zero-order valence-electron chi connectivity index (χ0n) is 14.8. The van der Waals surface area contributed by atoms with Crippen LogP contribution in [-0.4, -0.2) is 58.7 Å². The highest BCUT2D eigenvalue weighted by molar-refractivity contribution is 5.03. The van der Waals surface area contributed by atoms with E-state index in [1.54, 1.807) is 0 Å². The predicted molar refractivity (Wildman–Crippen MR) is 92.9 cm³/mol. The lowest BCUT2D eigenvalue weighted by molar-refractivity contribution is 0.142. The minimum absolute atomic E-state index is 0.217. The number of hydrogen-bond donors (Lipinski definition) is 3. The Morgan fingerprint density at radius 1 is 0.864 bits per heavy atom. The molecule has 3 N–H and O–H groups in total. The Morgan fingerprint density at radius 2 is 1.32 bits per heavy atom. The van der Waals surface area contributed by atoms with Crippen molar-refractivity contribution in [3.63, 3.8) is 0 Å². The summed E-state index contributed by atoms with van der Waals surface area (Å²) in [5.41, 5.74) is 2.00. The van der Waals surface area contributed by atoms with E-state index in [4.69, 9.17) is 5.11 Å². The zero-order chi connectivity index (χ0) is 17.0. The summed E-state index contributed by atoms with van der Waals surface area (Å²) in [4.78, 5) is 2.27. The van der Waals surface area contributed by atoms with Crippen molar-refractivity contribution in [1.82, 2.24) is 4.90 Å². The fourth-order valence-corrected chi connectivity index (χ4v) is 2.23. The van der Waals surface area contributed by atoms with Crippen LogP contribution in [0.3, 0.4) is 0 Å². The SMILES string of the molecule is CC=C(C)C(O)CCN(CCCCO)CCC(O)C(C)=CC. The Balaban J connectivity index is 4.36. The molecule has 0 aliphatic heterocycles. The quantitative estimate of drug-likeness (QED) is 0.383. The second-order valence-corrected chi connectivity index (χ2v) is 5.95. The summed E-state index contributed by atoms with van der Waals surface area (Å²) in [6.07, 6.45) is 6.24. The molecule has 0 saturated heterocycles.